The van der Waals surface area contributed by atoms with Crippen LogP contribution in [-0.4, -0.2) is 30.4 Å². The fraction of sp³-hybridized carbons (Fsp3) is 0.588. The van der Waals surface area contributed by atoms with Gasteiger partial charge in [0.05, 0.1) is 6.61 Å². The number of carbonyl (C=O) groups excluding carboxylic acids is 1. The van der Waals surface area contributed by atoms with Gasteiger partial charge in [0.2, 0.25) is 0 Å². The molecule has 1 saturated carbocycles. The Bertz CT molecular complexity index is 475. The molecule has 2 amide bonds. The van der Waals surface area contributed by atoms with Crippen molar-refractivity contribution in [1.29, 1.82) is 0 Å². The minimum Gasteiger partial charge on any atom is -0.396 e. The van der Waals surface area contributed by atoms with E-state index < -0.39 is 0 Å². The SMILES string of the molecule is CC(CCCO)NC(=O)Nc1cccc(COCC2CC2)c1. The Morgan fingerprint density at radius 2 is 2.27 bits per heavy atom. The molecule has 0 aliphatic heterocycles. The van der Waals surface area contributed by atoms with E-state index in [1.807, 2.05) is 31.2 Å². The van der Waals surface area contributed by atoms with Crippen molar-refractivity contribution in [3.8, 4) is 0 Å². The van der Waals surface area contributed by atoms with Crippen molar-refractivity contribution in [2.75, 3.05) is 18.5 Å². The summed E-state index contributed by atoms with van der Waals surface area (Å²) >= 11 is 0. The Balaban J connectivity index is 1.74. The van der Waals surface area contributed by atoms with Gasteiger partial charge >= 0.3 is 6.03 Å². The number of hydrogen-bond acceptors (Lipinski definition) is 3. The van der Waals surface area contributed by atoms with Crippen LogP contribution in [0.3, 0.4) is 0 Å². The highest BCUT2D eigenvalue weighted by Gasteiger charge is 2.21. The number of ether oxygens (including phenoxy) is 1. The lowest BCUT2D eigenvalue weighted by Crippen LogP contribution is -2.36. The van der Waals surface area contributed by atoms with Crippen molar-refractivity contribution in [3.05, 3.63) is 29.8 Å². The maximum atomic E-state index is 11.9. The molecule has 0 heterocycles. The van der Waals surface area contributed by atoms with Crippen molar-refractivity contribution in [1.82, 2.24) is 5.32 Å². The molecule has 1 aliphatic carbocycles. The smallest absolute Gasteiger partial charge is 0.319 e. The number of hydrogen-bond donors (Lipinski definition) is 3. The van der Waals surface area contributed by atoms with Crippen molar-refractivity contribution >= 4 is 11.7 Å². The Labute approximate surface area is 132 Å². The van der Waals surface area contributed by atoms with E-state index in [4.69, 9.17) is 9.84 Å². The van der Waals surface area contributed by atoms with Gasteiger partial charge in [0, 0.05) is 24.9 Å². The van der Waals surface area contributed by atoms with Gasteiger partial charge in [-0.25, -0.2) is 4.79 Å². The molecule has 1 atom stereocenters. The molecule has 22 heavy (non-hydrogen) atoms. The van der Waals surface area contributed by atoms with E-state index in [0.717, 1.165) is 30.2 Å². The molecule has 0 aromatic heterocycles. The Morgan fingerprint density at radius 3 is 3.00 bits per heavy atom. The molecule has 3 N–H and O–H groups in total. The van der Waals surface area contributed by atoms with Crippen LogP contribution < -0.4 is 10.6 Å². The second-order valence-electron chi connectivity index (χ2n) is 6.02. The number of aliphatic hydroxyl groups excluding tert-OH is 1. The van der Waals surface area contributed by atoms with E-state index in [2.05, 4.69) is 10.6 Å². The molecule has 0 bridgehead atoms. The van der Waals surface area contributed by atoms with Gasteiger partial charge in [-0.15, -0.1) is 0 Å². The van der Waals surface area contributed by atoms with E-state index in [1.54, 1.807) is 0 Å². The molecule has 1 aromatic carbocycles. The van der Waals surface area contributed by atoms with E-state index in [0.29, 0.717) is 13.0 Å². The highest BCUT2D eigenvalue weighted by Crippen LogP contribution is 2.29. The van der Waals surface area contributed by atoms with Gasteiger partial charge in [-0.1, -0.05) is 12.1 Å². The van der Waals surface area contributed by atoms with Gasteiger partial charge in [-0.05, 0) is 56.2 Å². The third kappa shape index (κ3) is 6.45. The van der Waals surface area contributed by atoms with Crippen molar-refractivity contribution < 1.29 is 14.6 Å². The summed E-state index contributed by atoms with van der Waals surface area (Å²) in [6.45, 7) is 3.50. The van der Waals surface area contributed by atoms with Crippen LogP contribution in [0.15, 0.2) is 24.3 Å². The third-order valence-corrected chi connectivity index (χ3v) is 3.68. The monoisotopic (exact) mass is 306 g/mol. The summed E-state index contributed by atoms with van der Waals surface area (Å²) in [6.07, 6.45) is 4.03. The van der Waals surface area contributed by atoms with Crippen molar-refractivity contribution in [2.45, 2.75) is 45.3 Å². The molecule has 1 fully saturated rings. The molecule has 2 rings (SSSR count). The van der Waals surface area contributed by atoms with E-state index in [9.17, 15) is 4.79 Å². The second kappa shape index (κ2) is 8.76. The minimum atomic E-state index is -0.221. The first-order chi connectivity index (χ1) is 10.7. The number of anilines is 1. The molecular formula is C17H26N2O3. The quantitative estimate of drug-likeness (QED) is 0.657. The van der Waals surface area contributed by atoms with Crippen LogP contribution >= 0.6 is 0 Å². The molecule has 1 unspecified atom stereocenters. The Kier molecular flexibility index (Phi) is 6.68. The highest BCUT2D eigenvalue weighted by atomic mass is 16.5. The fourth-order valence-electron chi connectivity index (χ4n) is 2.23. The molecule has 0 radical (unpaired) electrons. The van der Waals surface area contributed by atoms with E-state index in [-0.39, 0.29) is 18.7 Å². The summed E-state index contributed by atoms with van der Waals surface area (Å²) in [6, 6.07) is 7.53. The van der Waals surface area contributed by atoms with Gasteiger partial charge in [0.15, 0.2) is 0 Å². The summed E-state index contributed by atoms with van der Waals surface area (Å²) in [5, 5.41) is 14.5. The van der Waals surface area contributed by atoms with Gasteiger partial charge in [-0.2, -0.15) is 0 Å². The lowest BCUT2D eigenvalue weighted by atomic mass is 10.2. The van der Waals surface area contributed by atoms with Crippen LogP contribution in [-0.2, 0) is 11.3 Å². The maximum absolute atomic E-state index is 11.9. The first-order valence-corrected chi connectivity index (χ1v) is 8.02. The van der Waals surface area contributed by atoms with E-state index in [1.165, 1.54) is 12.8 Å². The van der Waals surface area contributed by atoms with Crippen molar-refractivity contribution in [3.63, 3.8) is 0 Å². The maximum Gasteiger partial charge on any atom is 0.319 e. The molecule has 1 aliphatic rings. The van der Waals surface area contributed by atoms with Gasteiger partial charge in [-0.3, -0.25) is 0 Å². The Hall–Kier alpha value is -1.59. The third-order valence-electron chi connectivity index (χ3n) is 3.68. The van der Waals surface area contributed by atoms with E-state index >= 15 is 0 Å². The number of aliphatic hydroxyl groups is 1. The van der Waals surface area contributed by atoms with Crippen LogP contribution in [0.4, 0.5) is 10.5 Å². The average molecular weight is 306 g/mol. The average Bonchev–Trinajstić information content (AvgIpc) is 3.29. The molecule has 5 heteroatoms. The first kappa shape index (κ1) is 16.8. The number of nitrogens with one attached hydrogen (secondary N) is 2. The van der Waals surface area contributed by atoms with Gasteiger partial charge in [0.1, 0.15) is 0 Å². The lowest BCUT2D eigenvalue weighted by molar-refractivity contribution is 0.111. The zero-order valence-corrected chi connectivity index (χ0v) is 13.2. The predicted octanol–water partition coefficient (Wildman–Crippen LogP) is 2.90. The summed E-state index contributed by atoms with van der Waals surface area (Å²) in [5.41, 5.74) is 1.83. The normalized spacial score (nSPS) is 15.4. The summed E-state index contributed by atoms with van der Waals surface area (Å²) in [4.78, 5) is 11.9. The van der Waals surface area contributed by atoms with Crippen molar-refractivity contribution in [2.24, 2.45) is 5.92 Å². The number of urea groups is 1. The van der Waals surface area contributed by atoms with Gasteiger partial charge in [0.25, 0.3) is 0 Å². The summed E-state index contributed by atoms with van der Waals surface area (Å²) in [7, 11) is 0. The molecule has 0 spiro atoms. The molecular weight excluding hydrogens is 280 g/mol. The molecule has 0 saturated heterocycles. The Morgan fingerprint density at radius 1 is 1.45 bits per heavy atom. The van der Waals surface area contributed by atoms with Crippen LogP contribution in [0.1, 0.15) is 38.2 Å². The zero-order chi connectivity index (χ0) is 15.8. The molecule has 1 aromatic rings. The number of carbonyl (C=O) groups is 1. The topological polar surface area (TPSA) is 70.6 Å². The first-order valence-electron chi connectivity index (χ1n) is 8.02. The predicted molar refractivity (Wildman–Crippen MR) is 86.8 cm³/mol. The molecule has 5 nitrogen and oxygen atoms in total. The largest absolute Gasteiger partial charge is 0.396 e. The van der Waals surface area contributed by atoms with Crippen LogP contribution in [0, 0.1) is 5.92 Å². The standard InChI is InChI=1S/C17H26N2O3/c1-13(4-3-9-20)18-17(21)19-16-6-2-5-15(10-16)12-22-11-14-7-8-14/h2,5-6,10,13-14,20H,3-4,7-9,11-12H2,1H3,(H2,18,19,21). The highest BCUT2D eigenvalue weighted by molar-refractivity contribution is 5.89. The lowest BCUT2D eigenvalue weighted by Gasteiger charge is -2.14. The number of benzene rings is 1. The van der Waals surface area contributed by atoms with Crippen LogP contribution in [0.2, 0.25) is 0 Å². The summed E-state index contributed by atoms with van der Waals surface area (Å²) in [5.74, 6) is 0.757. The number of rotatable bonds is 9. The number of amides is 2. The van der Waals surface area contributed by atoms with Gasteiger partial charge < -0.3 is 20.5 Å². The molecule has 122 valence electrons. The summed E-state index contributed by atoms with van der Waals surface area (Å²) < 4.78 is 5.66. The second-order valence-corrected chi connectivity index (χ2v) is 6.02. The fourth-order valence-corrected chi connectivity index (χ4v) is 2.23. The van der Waals surface area contributed by atoms with Crippen LogP contribution in [0.25, 0.3) is 0 Å². The van der Waals surface area contributed by atoms with Crippen LogP contribution in [0.5, 0.6) is 0 Å². The zero-order valence-electron chi connectivity index (χ0n) is 13.2. The minimum absolute atomic E-state index is 0.0391.